The number of amides is 2. The second-order valence-electron chi connectivity index (χ2n) is 8.54. The van der Waals surface area contributed by atoms with Gasteiger partial charge >= 0.3 is 0 Å². The van der Waals surface area contributed by atoms with Crippen molar-refractivity contribution in [2.45, 2.75) is 33.1 Å². The van der Waals surface area contributed by atoms with E-state index in [1.165, 1.54) is 16.8 Å². The first-order chi connectivity index (χ1) is 16.7. The van der Waals surface area contributed by atoms with Crippen LogP contribution in [-0.4, -0.2) is 55.4 Å². The van der Waals surface area contributed by atoms with Crippen molar-refractivity contribution in [1.29, 1.82) is 5.41 Å². The number of aliphatic imine (C=N–C) groups is 1. The Morgan fingerprint density at radius 3 is 2.63 bits per heavy atom. The van der Waals surface area contributed by atoms with Crippen molar-refractivity contribution in [2.24, 2.45) is 10.1 Å². The summed E-state index contributed by atoms with van der Waals surface area (Å²) in [6.07, 6.45) is 3.84. The van der Waals surface area contributed by atoms with E-state index in [2.05, 4.69) is 10.1 Å². The molecule has 35 heavy (non-hydrogen) atoms. The molecule has 5 rings (SSSR count). The van der Waals surface area contributed by atoms with E-state index in [1.54, 1.807) is 18.2 Å². The number of benzene rings is 1. The predicted octanol–water partition coefficient (Wildman–Crippen LogP) is 5.03. The average Bonchev–Trinajstić information content (AvgIpc) is 3.53. The van der Waals surface area contributed by atoms with E-state index >= 15 is 0 Å². The van der Waals surface area contributed by atoms with Gasteiger partial charge in [-0.3, -0.25) is 15.0 Å². The highest BCUT2D eigenvalue weighted by molar-refractivity contribution is 8.27. The van der Waals surface area contributed by atoms with E-state index in [0.717, 1.165) is 48.6 Å². The summed E-state index contributed by atoms with van der Waals surface area (Å²) in [5, 5.41) is 16.2. The number of aromatic nitrogens is 1. The summed E-state index contributed by atoms with van der Waals surface area (Å²) >= 11 is 13.4. The van der Waals surface area contributed by atoms with Crippen molar-refractivity contribution >= 4 is 68.9 Å². The first-order valence-corrected chi connectivity index (χ1v) is 12.7. The smallest absolute Gasteiger partial charge is 0.283 e. The van der Waals surface area contributed by atoms with E-state index in [4.69, 9.17) is 28.6 Å². The van der Waals surface area contributed by atoms with Crippen molar-refractivity contribution in [2.75, 3.05) is 13.1 Å². The molecule has 0 atom stereocenters. The third-order valence-corrected chi connectivity index (χ3v) is 7.84. The third kappa shape index (κ3) is 4.44. The zero-order valence-electron chi connectivity index (χ0n) is 19.1. The van der Waals surface area contributed by atoms with Crippen molar-refractivity contribution < 1.29 is 9.59 Å². The predicted molar refractivity (Wildman–Crippen MR) is 141 cm³/mol. The molecule has 0 bridgehead atoms. The molecule has 0 aliphatic carbocycles. The Morgan fingerprint density at radius 2 is 1.91 bits per heavy atom. The third-order valence-electron chi connectivity index (χ3n) is 6.19. The lowest BCUT2D eigenvalue weighted by Gasteiger charge is -2.20. The first-order valence-electron chi connectivity index (χ1n) is 11.1. The molecule has 0 radical (unpaired) electrons. The van der Waals surface area contributed by atoms with Gasteiger partial charge < -0.3 is 9.47 Å². The number of nitrogens with zero attached hydrogens (tertiary/aromatic N) is 5. The van der Waals surface area contributed by atoms with Crippen LogP contribution in [0, 0.1) is 19.3 Å². The quantitative estimate of drug-likeness (QED) is 0.562. The summed E-state index contributed by atoms with van der Waals surface area (Å²) in [5.41, 5.74) is 3.57. The average molecular weight is 529 g/mol. The number of carbonyl (C=O) groups excluding carboxylic acids is 2. The van der Waals surface area contributed by atoms with Gasteiger partial charge in [-0.25, -0.2) is 0 Å². The fourth-order valence-electron chi connectivity index (χ4n) is 4.42. The summed E-state index contributed by atoms with van der Waals surface area (Å²) in [7, 11) is 0. The second kappa shape index (κ2) is 9.29. The normalized spacial score (nSPS) is 18.9. The minimum atomic E-state index is -0.504. The summed E-state index contributed by atoms with van der Waals surface area (Å²) < 4.78 is 2.01. The van der Waals surface area contributed by atoms with Gasteiger partial charge in [0.2, 0.25) is 11.1 Å². The minimum Gasteiger partial charge on any atom is -0.342 e. The summed E-state index contributed by atoms with van der Waals surface area (Å²) in [6.45, 7) is 5.42. The number of likely N-dealkylation sites (tertiary alicyclic amines) is 1. The van der Waals surface area contributed by atoms with Crippen LogP contribution in [0.3, 0.4) is 0 Å². The number of hydrogen-bond donors (Lipinski definition) is 1. The number of fused-ring (bicyclic) bond motifs is 1. The number of halogens is 2. The number of thioether (sulfide) groups is 1. The summed E-state index contributed by atoms with van der Waals surface area (Å²) in [5.74, 6) is -0.552. The number of hydrazone groups is 1. The van der Waals surface area contributed by atoms with Crippen LogP contribution in [0.15, 0.2) is 39.9 Å². The topological polar surface area (TPSA) is 94.1 Å². The van der Waals surface area contributed by atoms with Crippen LogP contribution in [0.1, 0.15) is 36.2 Å². The van der Waals surface area contributed by atoms with E-state index in [0.29, 0.717) is 20.3 Å². The highest BCUT2D eigenvalue weighted by Gasteiger charge is 2.36. The number of nitrogens with one attached hydrogen (secondary N) is 1. The van der Waals surface area contributed by atoms with Crippen LogP contribution in [0.25, 0.3) is 11.8 Å². The van der Waals surface area contributed by atoms with E-state index in [9.17, 15) is 9.59 Å². The van der Waals surface area contributed by atoms with Crippen molar-refractivity contribution in [3.63, 3.8) is 0 Å². The molecular weight excluding hydrogens is 507 g/mol. The Morgan fingerprint density at radius 1 is 1.17 bits per heavy atom. The largest absolute Gasteiger partial charge is 0.342 e. The molecule has 1 aromatic carbocycles. The van der Waals surface area contributed by atoms with Crippen molar-refractivity contribution in [1.82, 2.24) is 14.5 Å². The molecule has 180 valence electrons. The summed E-state index contributed by atoms with van der Waals surface area (Å²) in [4.78, 5) is 31.3. The van der Waals surface area contributed by atoms with Crippen LogP contribution in [0.5, 0.6) is 0 Å². The van der Waals surface area contributed by atoms with Crippen LogP contribution < -0.4 is 0 Å². The van der Waals surface area contributed by atoms with Crippen LogP contribution in [0.2, 0.25) is 10.0 Å². The molecule has 1 N–H and O–H groups in total. The van der Waals surface area contributed by atoms with Gasteiger partial charge in [0, 0.05) is 30.2 Å². The van der Waals surface area contributed by atoms with E-state index in [1.807, 2.05) is 35.4 Å². The minimum absolute atomic E-state index is 0.0116. The lowest BCUT2D eigenvalue weighted by atomic mass is 10.1. The van der Waals surface area contributed by atoms with Gasteiger partial charge in [0.15, 0.2) is 5.84 Å². The van der Waals surface area contributed by atoms with Crippen LogP contribution in [0.4, 0.5) is 0 Å². The standard InChI is InChI=1S/C24H22Cl2N6O2S/c1-13-9-15(14(2)31(13)16-5-6-18(25)19(26)11-16)10-17-22(27)32-24(28-23(17)34)35-20(29-32)12-21(33)30-7-3-4-8-30/h5-6,9-11,27H,3-4,7-8,12H2,1-2H3. The van der Waals surface area contributed by atoms with Gasteiger partial charge in [-0.2, -0.15) is 15.1 Å². The molecule has 0 saturated carbocycles. The molecule has 1 saturated heterocycles. The maximum absolute atomic E-state index is 12.8. The van der Waals surface area contributed by atoms with Gasteiger partial charge in [-0.15, -0.1) is 0 Å². The van der Waals surface area contributed by atoms with Gasteiger partial charge in [0.05, 0.1) is 22.0 Å². The SMILES string of the molecule is Cc1cc(C=C2C(=N)N3N=C(CC(=O)N4CCCC4)SC3=NC2=O)c(C)n1-c1ccc(Cl)c(Cl)c1. The highest BCUT2D eigenvalue weighted by Crippen LogP contribution is 2.32. The lowest BCUT2D eigenvalue weighted by molar-refractivity contribution is -0.128. The van der Waals surface area contributed by atoms with Gasteiger partial charge in [-0.05, 0) is 74.4 Å². The molecule has 1 aromatic heterocycles. The molecule has 3 aliphatic heterocycles. The molecule has 2 amide bonds. The maximum atomic E-state index is 12.8. The molecule has 3 aliphatic rings. The maximum Gasteiger partial charge on any atom is 0.283 e. The molecule has 2 aromatic rings. The van der Waals surface area contributed by atoms with Gasteiger partial charge in [0.1, 0.15) is 5.04 Å². The Labute approximate surface area is 216 Å². The molecule has 0 spiro atoms. The molecule has 8 nitrogen and oxygen atoms in total. The van der Waals surface area contributed by atoms with E-state index < -0.39 is 5.91 Å². The lowest BCUT2D eigenvalue weighted by Crippen LogP contribution is -2.35. The Hall–Kier alpha value is -2.88. The zero-order chi connectivity index (χ0) is 24.9. The first kappa shape index (κ1) is 23.8. The highest BCUT2D eigenvalue weighted by atomic mass is 35.5. The van der Waals surface area contributed by atoms with Gasteiger partial charge in [0.25, 0.3) is 5.91 Å². The number of amidine groups is 2. The Bertz CT molecular complexity index is 1370. The number of hydrogen-bond acceptors (Lipinski definition) is 5. The molecule has 1 fully saturated rings. The van der Waals surface area contributed by atoms with Crippen molar-refractivity contribution in [3.8, 4) is 5.69 Å². The molecular formula is C24H22Cl2N6O2S. The number of rotatable bonds is 4. The van der Waals surface area contributed by atoms with Crippen LogP contribution in [-0.2, 0) is 9.59 Å². The molecule has 0 unspecified atom stereocenters. The van der Waals surface area contributed by atoms with Crippen molar-refractivity contribution in [3.05, 3.63) is 56.8 Å². The fraction of sp³-hybridized carbons (Fsp3) is 0.292. The number of aryl methyl sites for hydroxylation is 1. The fourth-order valence-corrected chi connectivity index (χ4v) is 5.59. The Balaban J connectivity index is 1.42. The second-order valence-corrected chi connectivity index (χ2v) is 10.4. The molecule has 11 heteroatoms. The molecule has 4 heterocycles. The van der Waals surface area contributed by atoms with Crippen LogP contribution >= 0.6 is 35.0 Å². The van der Waals surface area contributed by atoms with Gasteiger partial charge in [-0.1, -0.05) is 23.2 Å². The van der Waals surface area contributed by atoms with E-state index in [-0.39, 0.29) is 23.7 Å². The monoisotopic (exact) mass is 528 g/mol. The summed E-state index contributed by atoms with van der Waals surface area (Å²) in [6, 6.07) is 7.33. The Kier molecular flexibility index (Phi) is 6.33. The zero-order valence-corrected chi connectivity index (χ0v) is 21.5. The number of carbonyl (C=O) groups is 2.